The fraction of sp³-hybridized carbons (Fsp3) is 0.200. The van der Waals surface area contributed by atoms with Crippen molar-refractivity contribution in [2.45, 2.75) is 12.5 Å². The summed E-state index contributed by atoms with van der Waals surface area (Å²) >= 11 is 5.42. The minimum atomic E-state index is -0.412. The molecule has 1 unspecified atom stereocenters. The van der Waals surface area contributed by atoms with Crippen LogP contribution in [0.3, 0.4) is 0 Å². The van der Waals surface area contributed by atoms with Crippen molar-refractivity contribution in [1.29, 1.82) is 0 Å². The first-order valence-corrected chi connectivity index (χ1v) is 7.29. The highest BCUT2D eigenvalue weighted by Gasteiger charge is 2.11. The molecule has 1 aliphatic carbocycles. The fourth-order valence-corrected chi connectivity index (χ4v) is 1.90. The quantitative estimate of drug-likeness (QED) is 0.386. The topological polar surface area (TPSA) is 94.4 Å². The van der Waals surface area contributed by atoms with Crippen molar-refractivity contribution in [2.24, 2.45) is 0 Å². The van der Waals surface area contributed by atoms with Gasteiger partial charge in [0.1, 0.15) is 23.6 Å². The second-order valence-electron chi connectivity index (χ2n) is 4.57. The first-order valence-electron chi connectivity index (χ1n) is 6.75. The van der Waals surface area contributed by atoms with E-state index < -0.39 is 4.92 Å². The van der Waals surface area contributed by atoms with Crippen LogP contribution in [0.2, 0.25) is 0 Å². The molecule has 1 aromatic rings. The van der Waals surface area contributed by atoms with Gasteiger partial charge in [0.25, 0.3) is 0 Å². The molecule has 0 saturated heterocycles. The van der Waals surface area contributed by atoms with Crippen molar-refractivity contribution >= 4 is 23.3 Å². The average molecular weight is 336 g/mol. The van der Waals surface area contributed by atoms with Crippen LogP contribution >= 0.6 is 11.6 Å². The molecule has 1 N–H and O–H groups in total. The normalized spacial score (nSPS) is 20.6. The van der Waals surface area contributed by atoms with Crippen molar-refractivity contribution in [3.8, 4) is 5.75 Å². The molecule has 1 aliphatic rings. The summed E-state index contributed by atoms with van der Waals surface area (Å²) in [5, 5.41) is 13.3. The minimum Gasteiger partial charge on any atom is -0.482 e. The summed E-state index contributed by atoms with van der Waals surface area (Å²) in [6.45, 7) is 0. The molecular weight excluding hydrogens is 322 g/mol. The number of nitrogens with one attached hydrogen (secondary N) is 1. The average Bonchev–Trinajstić information content (AvgIpc) is 2.49. The van der Waals surface area contributed by atoms with Gasteiger partial charge in [-0.15, -0.1) is 11.6 Å². The van der Waals surface area contributed by atoms with Crippen molar-refractivity contribution in [1.82, 2.24) is 4.98 Å². The summed E-state index contributed by atoms with van der Waals surface area (Å²) < 4.78 is 5.75. The highest BCUT2D eigenvalue weighted by Crippen LogP contribution is 2.18. The van der Waals surface area contributed by atoms with E-state index in [1.165, 1.54) is 12.3 Å². The second kappa shape index (κ2) is 8.09. The Morgan fingerprint density at radius 1 is 1.52 bits per heavy atom. The SMILES string of the molecule is O=C(CCl)Nc1cc(OC2C=CC/C([N+](=O)[O-])=C\C=C/2)ccn1. The molecule has 1 aromatic heterocycles. The van der Waals surface area contributed by atoms with Crippen LogP contribution in [0, 0.1) is 10.1 Å². The first kappa shape index (κ1) is 16.7. The number of ether oxygens (including phenoxy) is 1. The van der Waals surface area contributed by atoms with Crippen LogP contribution in [0.4, 0.5) is 5.82 Å². The van der Waals surface area contributed by atoms with Crippen molar-refractivity contribution in [3.63, 3.8) is 0 Å². The van der Waals surface area contributed by atoms with E-state index in [-0.39, 0.29) is 30.0 Å². The molecule has 0 aromatic carbocycles. The third-order valence-corrected chi connectivity index (χ3v) is 3.11. The maximum atomic E-state index is 11.2. The number of nitro groups is 1. The Morgan fingerprint density at radius 2 is 2.35 bits per heavy atom. The lowest BCUT2D eigenvalue weighted by atomic mass is 10.2. The van der Waals surface area contributed by atoms with Gasteiger partial charge in [-0.3, -0.25) is 14.9 Å². The maximum Gasteiger partial charge on any atom is 0.249 e. The largest absolute Gasteiger partial charge is 0.482 e. The van der Waals surface area contributed by atoms with Crippen LogP contribution in [0.15, 0.2) is 54.4 Å². The molecule has 2 rings (SSSR count). The zero-order chi connectivity index (χ0) is 16.7. The smallest absolute Gasteiger partial charge is 0.249 e. The predicted molar refractivity (Wildman–Crippen MR) is 86.0 cm³/mol. The third-order valence-electron chi connectivity index (χ3n) is 2.87. The van der Waals surface area contributed by atoms with E-state index in [4.69, 9.17) is 16.3 Å². The standard InChI is InChI=1S/C15H14ClN3O4/c16-10-15(20)18-14-9-13(7-8-17-14)23-12-5-1-3-11(19(21)22)4-2-6-12/h1-3,5-9,12H,4,10H2,(H,17,18,20)/b5-1-,6-2?,11-3+. The monoisotopic (exact) mass is 335 g/mol. The summed E-state index contributed by atoms with van der Waals surface area (Å²) in [6.07, 6.45) is 9.48. The van der Waals surface area contributed by atoms with E-state index in [1.807, 2.05) is 0 Å². The summed E-state index contributed by atoms with van der Waals surface area (Å²) in [4.78, 5) is 25.6. The number of hydrogen-bond acceptors (Lipinski definition) is 5. The Bertz CT molecular complexity index is 685. The molecule has 0 spiro atoms. The Morgan fingerprint density at radius 3 is 3.09 bits per heavy atom. The lowest BCUT2D eigenvalue weighted by Gasteiger charge is -2.13. The van der Waals surface area contributed by atoms with Crippen LogP contribution in [0.25, 0.3) is 0 Å². The zero-order valence-corrected chi connectivity index (χ0v) is 12.8. The highest BCUT2D eigenvalue weighted by atomic mass is 35.5. The van der Waals surface area contributed by atoms with Gasteiger partial charge >= 0.3 is 0 Å². The molecule has 1 amide bonds. The van der Waals surface area contributed by atoms with E-state index in [2.05, 4.69) is 10.3 Å². The van der Waals surface area contributed by atoms with Crippen LogP contribution in [-0.2, 0) is 4.79 Å². The highest BCUT2D eigenvalue weighted by molar-refractivity contribution is 6.29. The first-order chi connectivity index (χ1) is 11.1. The molecule has 1 atom stereocenters. The summed E-state index contributed by atoms with van der Waals surface area (Å²) in [6, 6.07) is 3.22. The number of aromatic nitrogens is 1. The molecule has 7 nitrogen and oxygen atoms in total. The van der Waals surface area contributed by atoms with Crippen LogP contribution in [0.5, 0.6) is 5.75 Å². The number of carbonyl (C=O) groups is 1. The zero-order valence-electron chi connectivity index (χ0n) is 12.0. The lowest BCUT2D eigenvalue weighted by Crippen LogP contribution is -2.14. The molecule has 0 radical (unpaired) electrons. The van der Waals surface area contributed by atoms with E-state index in [9.17, 15) is 14.9 Å². The minimum absolute atomic E-state index is 0.117. The summed E-state index contributed by atoms with van der Waals surface area (Å²) in [5.41, 5.74) is 0.117. The molecule has 0 fully saturated rings. The van der Waals surface area contributed by atoms with Gasteiger partial charge in [-0.1, -0.05) is 12.2 Å². The number of amides is 1. The number of allylic oxidation sites excluding steroid dienone is 3. The number of pyridine rings is 1. The Balaban J connectivity index is 2.06. The number of rotatable bonds is 5. The van der Waals surface area contributed by atoms with Gasteiger partial charge < -0.3 is 10.1 Å². The number of halogens is 1. The molecule has 0 bridgehead atoms. The Hall–Kier alpha value is -2.67. The van der Waals surface area contributed by atoms with E-state index in [0.29, 0.717) is 11.6 Å². The number of carbonyl (C=O) groups excluding carboxylic acids is 1. The maximum absolute atomic E-state index is 11.2. The fourth-order valence-electron chi connectivity index (χ4n) is 1.83. The number of hydrogen-bond donors (Lipinski definition) is 1. The number of alkyl halides is 1. The van der Waals surface area contributed by atoms with Crippen LogP contribution in [-0.4, -0.2) is 27.8 Å². The summed E-state index contributed by atoms with van der Waals surface area (Å²) in [7, 11) is 0. The van der Waals surface area contributed by atoms with Gasteiger partial charge in [-0.05, 0) is 18.2 Å². The molecule has 0 saturated carbocycles. The van der Waals surface area contributed by atoms with Gasteiger partial charge in [-0.2, -0.15) is 0 Å². The van der Waals surface area contributed by atoms with E-state index in [1.54, 1.807) is 36.4 Å². The van der Waals surface area contributed by atoms with E-state index >= 15 is 0 Å². The van der Waals surface area contributed by atoms with Crippen molar-refractivity contribution in [3.05, 3.63) is 64.5 Å². The van der Waals surface area contributed by atoms with Gasteiger partial charge in [0.15, 0.2) is 0 Å². The van der Waals surface area contributed by atoms with Crippen molar-refractivity contribution in [2.75, 3.05) is 11.2 Å². The van der Waals surface area contributed by atoms with Crippen molar-refractivity contribution < 1.29 is 14.5 Å². The number of nitrogens with zero attached hydrogens (tertiary/aromatic N) is 2. The molecular formula is C15H14ClN3O4. The van der Waals surface area contributed by atoms with Gasteiger partial charge in [0.2, 0.25) is 11.6 Å². The summed E-state index contributed by atoms with van der Waals surface area (Å²) in [5.74, 6) is 0.316. The Labute approximate surface area is 137 Å². The van der Waals surface area contributed by atoms with Gasteiger partial charge in [-0.25, -0.2) is 4.98 Å². The third kappa shape index (κ3) is 5.23. The molecule has 8 heteroatoms. The van der Waals surface area contributed by atoms with Crippen LogP contribution in [0.1, 0.15) is 6.42 Å². The molecule has 1 heterocycles. The molecule has 120 valence electrons. The lowest BCUT2D eigenvalue weighted by molar-refractivity contribution is -0.426. The van der Waals surface area contributed by atoms with Gasteiger partial charge in [0.05, 0.1) is 11.3 Å². The van der Waals surface area contributed by atoms with E-state index in [0.717, 1.165) is 0 Å². The second-order valence-corrected chi connectivity index (χ2v) is 4.84. The Kier molecular flexibility index (Phi) is 5.87. The predicted octanol–water partition coefficient (Wildman–Crippen LogP) is 2.68. The number of anilines is 1. The molecule has 23 heavy (non-hydrogen) atoms. The van der Waals surface area contributed by atoms with Crippen LogP contribution < -0.4 is 10.1 Å². The van der Waals surface area contributed by atoms with Gasteiger partial charge in [0, 0.05) is 18.3 Å². The molecule has 0 aliphatic heterocycles.